The van der Waals surface area contributed by atoms with E-state index in [1.165, 1.54) is 0 Å². The van der Waals surface area contributed by atoms with Crippen LogP contribution in [-0.4, -0.2) is 73.4 Å². The van der Waals surface area contributed by atoms with E-state index >= 15 is 0 Å². The van der Waals surface area contributed by atoms with Crippen molar-refractivity contribution in [1.82, 2.24) is 15.1 Å². The number of aliphatic hydroxyl groups is 1. The molecule has 0 amide bonds. The van der Waals surface area contributed by atoms with Crippen molar-refractivity contribution in [2.24, 2.45) is 0 Å². The number of nitrogens with zero attached hydrogens (tertiary/aromatic N) is 2. The van der Waals surface area contributed by atoms with Crippen molar-refractivity contribution in [1.29, 1.82) is 0 Å². The molecule has 128 valence electrons. The molecule has 2 atom stereocenters. The third-order valence-electron chi connectivity index (χ3n) is 4.49. The summed E-state index contributed by atoms with van der Waals surface area (Å²) in [6.07, 6.45) is 4.29. The van der Waals surface area contributed by atoms with E-state index in [1.807, 2.05) is 0 Å². The van der Waals surface area contributed by atoms with Crippen LogP contribution < -0.4 is 5.32 Å². The first kappa shape index (κ1) is 20.8. The van der Waals surface area contributed by atoms with Crippen LogP contribution in [0.4, 0.5) is 0 Å². The summed E-state index contributed by atoms with van der Waals surface area (Å²) in [6.45, 7) is 13.4. The SMILES string of the molecule is CCCNC(CC)(CO)CCCN(CC)C(C)CN(C)C. The average Bonchev–Trinajstić information content (AvgIpc) is 2.46. The zero-order valence-corrected chi connectivity index (χ0v) is 15.3. The highest BCUT2D eigenvalue weighted by Gasteiger charge is 2.26. The predicted octanol–water partition coefficient (Wildman–Crippen LogP) is 2.18. The van der Waals surface area contributed by atoms with Crippen molar-refractivity contribution >= 4 is 0 Å². The fraction of sp³-hybridized carbons (Fsp3) is 1.00. The Labute approximate surface area is 132 Å². The zero-order valence-electron chi connectivity index (χ0n) is 15.3. The molecule has 0 aliphatic carbocycles. The fourth-order valence-corrected chi connectivity index (χ4v) is 2.98. The van der Waals surface area contributed by atoms with E-state index in [9.17, 15) is 5.11 Å². The molecule has 4 heteroatoms. The zero-order chi connectivity index (χ0) is 16.3. The minimum Gasteiger partial charge on any atom is -0.394 e. The van der Waals surface area contributed by atoms with Gasteiger partial charge in [0.2, 0.25) is 0 Å². The molecule has 0 spiro atoms. The Morgan fingerprint density at radius 2 is 1.86 bits per heavy atom. The lowest BCUT2D eigenvalue weighted by atomic mass is 9.90. The number of rotatable bonds is 13. The van der Waals surface area contributed by atoms with Crippen LogP contribution in [0.1, 0.15) is 53.4 Å². The lowest BCUT2D eigenvalue weighted by Gasteiger charge is -2.34. The van der Waals surface area contributed by atoms with Gasteiger partial charge in [-0.15, -0.1) is 0 Å². The first-order chi connectivity index (χ1) is 9.94. The van der Waals surface area contributed by atoms with E-state index in [1.54, 1.807) is 0 Å². The number of hydrogen-bond donors (Lipinski definition) is 2. The first-order valence-corrected chi connectivity index (χ1v) is 8.69. The second kappa shape index (κ2) is 11.4. The minimum absolute atomic E-state index is 0.0831. The monoisotopic (exact) mass is 301 g/mol. The molecule has 0 fully saturated rings. The third kappa shape index (κ3) is 8.15. The van der Waals surface area contributed by atoms with Gasteiger partial charge in [-0.3, -0.25) is 4.90 Å². The number of aliphatic hydroxyl groups excluding tert-OH is 1. The standard InChI is InChI=1S/C17H39N3O/c1-7-12-18-17(8-2,15-21)11-10-13-20(9-3)16(4)14-19(5)6/h16,18,21H,7-15H2,1-6H3. The molecule has 0 bridgehead atoms. The number of hydrogen-bond acceptors (Lipinski definition) is 4. The summed E-state index contributed by atoms with van der Waals surface area (Å²) in [5.74, 6) is 0. The predicted molar refractivity (Wildman–Crippen MR) is 92.9 cm³/mol. The molecule has 4 nitrogen and oxygen atoms in total. The summed E-state index contributed by atoms with van der Waals surface area (Å²) >= 11 is 0. The van der Waals surface area contributed by atoms with Gasteiger partial charge in [0.1, 0.15) is 0 Å². The van der Waals surface area contributed by atoms with E-state index in [2.05, 4.69) is 56.9 Å². The molecule has 0 aliphatic rings. The van der Waals surface area contributed by atoms with E-state index in [0.29, 0.717) is 6.04 Å². The van der Waals surface area contributed by atoms with E-state index in [-0.39, 0.29) is 12.1 Å². The van der Waals surface area contributed by atoms with Crippen LogP contribution in [0, 0.1) is 0 Å². The maximum atomic E-state index is 9.77. The molecule has 0 rings (SSSR count). The molecule has 2 unspecified atom stereocenters. The Morgan fingerprint density at radius 1 is 1.19 bits per heavy atom. The van der Waals surface area contributed by atoms with Gasteiger partial charge in [0, 0.05) is 18.1 Å². The number of nitrogens with one attached hydrogen (secondary N) is 1. The van der Waals surface area contributed by atoms with Gasteiger partial charge in [-0.25, -0.2) is 0 Å². The Morgan fingerprint density at radius 3 is 2.29 bits per heavy atom. The molecule has 0 aromatic rings. The molecular weight excluding hydrogens is 262 g/mol. The van der Waals surface area contributed by atoms with Gasteiger partial charge in [-0.05, 0) is 66.3 Å². The van der Waals surface area contributed by atoms with Crippen LogP contribution >= 0.6 is 0 Å². The lowest BCUT2D eigenvalue weighted by molar-refractivity contribution is 0.130. The molecule has 0 aliphatic heterocycles. The van der Waals surface area contributed by atoms with E-state index in [4.69, 9.17) is 0 Å². The van der Waals surface area contributed by atoms with Crippen molar-refractivity contribution in [2.45, 2.75) is 65.0 Å². The number of likely N-dealkylation sites (N-methyl/N-ethyl adjacent to an activating group) is 2. The molecule has 0 saturated heterocycles. The highest BCUT2D eigenvalue weighted by Crippen LogP contribution is 2.18. The average molecular weight is 302 g/mol. The summed E-state index contributed by atoms with van der Waals surface area (Å²) < 4.78 is 0. The lowest BCUT2D eigenvalue weighted by Crippen LogP contribution is -2.49. The van der Waals surface area contributed by atoms with Gasteiger partial charge in [-0.1, -0.05) is 20.8 Å². The highest BCUT2D eigenvalue weighted by atomic mass is 16.3. The van der Waals surface area contributed by atoms with Crippen LogP contribution in [0.2, 0.25) is 0 Å². The van der Waals surface area contributed by atoms with Crippen LogP contribution in [0.15, 0.2) is 0 Å². The maximum absolute atomic E-state index is 9.77. The summed E-state index contributed by atoms with van der Waals surface area (Å²) in [4.78, 5) is 4.79. The molecular formula is C17H39N3O. The molecule has 0 radical (unpaired) electrons. The highest BCUT2D eigenvalue weighted by molar-refractivity contribution is 4.86. The molecule has 0 heterocycles. The smallest absolute Gasteiger partial charge is 0.0613 e. The molecule has 0 saturated carbocycles. The second-order valence-electron chi connectivity index (χ2n) is 6.56. The largest absolute Gasteiger partial charge is 0.394 e. The van der Waals surface area contributed by atoms with Crippen LogP contribution in [0.25, 0.3) is 0 Å². The molecule has 2 N–H and O–H groups in total. The molecule has 21 heavy (non-hydrogen) atoms. The summed E-state index contributed by atoms with van der Waals surface area (Å²) in [6, 6.07) is 0.582. The Bertz CT molecular complexity index is 242. The van der Waals surface area contributed by atoms with Crippen molar-refractivity contribution in [3.63, 3.8) is 0 Å². The van der Waals surface area contributed by atoms with Gasteiger partial charge in [-0.2, -0.15) is 0 Å². The first-order valence-electron chi connectivity index (χ1n) is 8.69. The van der Waals surface area contributed by atoms with Crippen molar-refractivity contribution in [2.75, 3.05) is 46.9 Å². The fourth-order valence-electron chi connectivity index (χ4n) is 2.98. The van der Waals surface area contributed by atoms with E-state index in [0.717, 1.165) is 51.9 Å². The van der Waals surface area contributed by atoms with Gasteiger partial charge in [0.25, 0.3) is 0 Å². The van der Waals surface area contributed by atoms with Crippen LogP contribution in [0.5, 0.6) is 0 Å². The second-order valence-corrected chi connectivity index (χ2v) is 6.56. The topological polar surface area (TPSA) is 38.7 Å². The Hall–Kier alpha value is -0.160. The minimum atomic E-state index is -0.0831. The van der Waals surface area contributed by atoms with Crippen LogP contribution in [-0.2, 0) is 0 Å². The van der Waals surface area contributed by atoms with Gasteiger partial charge in [0.05, 0.1) is 6.61 Å². The Balaban J connectivity index is 4.32. The van der Waals surface area contributed by atoms with Gasteiger partial charge < -0.3 is 15.3 Å². The van der Waals surface area contributed by atoms with Crippen LogP contribution in [0.3, 0.4) is 0 Å². The quantitative estimate of drug-likeness (QED) is 0.547. The Kier molecular flexibility index (Phi) is 11.3. The van der Waals surface area contributed by atoms with Gasteiger partial charge in [0.15, 0.2) is 0 Å². The van der Waals surface area contributed by atoms with Gasteiger partial charge >= 0.3 is 0 Å². The molecule has 0 aromatic carbocycles. The summed E-state index contributed by atoms with van der Waals surface area (Å²) in [5.41, 5.74) is -0.0831. The summed E-state index contributed by atoms with van der Waals surface area (Å²) in [7, 11) is 4.26. The van der Waals surface area contributed by atoms with Crippen molar-refractivity contribution in [3.8, 4) is 0 Å². The summed E-state index contributed by atoms with van der Waals surface area (Å²) in [5, 5.41) is 13.3. The van der Waals surface area contributed by atoms with Crippen molar-refractivity contribution in [3.05, 3.63) is 0 Å². The van der Waals surface area contributed by atoms with Crippen molar-refractivity contribution < 1.29 is 5.11 Å². The normalized spacial score (nSPS) is 16.4. The van der Waals surface area contributed by atoms with E-state index < -0.39 is 0 Å². The molecule has 0 aromatic heterocycles. The third-order valence-corrected chi connectivity index (χ3v) is 4.49. The maximum Gasteiger partial charge on any atom is 0.0613 e.